The number of hydrogen-bond donors (Lipinski definition) is 1. The van der Waals surface area contributed by atoms with Gasteiger partial charge in [-0.1, -0.05) is 6.07 Å². The van der Waals surface area contributed by atoms with Crippen molar-refractivity contribution in [2.24, 2.45) is 0 Å². The average molecular weight is 290 g/mol. The zero-order valence-corrected chi connectivity index (χ0v) is 9.92. The van der Waals surface area contributed by atoms with Gasteiger partial charge in [0.1, 0.15) is 6.54 Å². The lowest BCUT2D eigenvalue weighted by Crippen LogP contribution is -2.35. The minimum Gasteiger partial charge on any atom is -0.271 e. The van der Waals surface area contributed by atoms with E-state index < -0.39 is 30.9 Å². The van der Waals surface area contributed by atoms with Crippen LogP contribution in [-0.4, -0.2) is 32.9 Å². The number of carbonyl (C=O) groups excluding carboxylic acids is 1. The first-order valence-corrected chi connectivity index (χ1v) is 5.38. The summed E-state index contributed by atoms with van der Waals surface area (Å²) in [6.07, 6.45) is -3.09. The quantitative estimate of drug-likeness (QED) is 0.811. The Morgan fingerprint density at radius 1 is 1.40 bits per heavy atom. The summed E-state index contributed by atoms with van der Waals surface area (Å²) in [5.74, 6) is -0.917. The normalized spacial score (nSPS) is 11.8. The number of halogens is 3. The summed E-state index contributed by atoms with van der Waals surface area (Å²) < 4.78 is 37.4. The van der Waals surface area contributed by atoms with Crippen LogP contribution in [0.2, 0.25) is 0 Å². The number of pyridine rings is 1. The summed E-state index contributed by atoms with van der Waals surface area (Å²) in [6.45, 7) is -2.16. The molecule has 1 N–H and O–H groups in total. The third-order valence-electron chi connectivity index (χ3n) is 2.20. The van der Waals surface area contributed by atoms with E-state index in [0.29, 0.717) is 5.65 Å². The van der Waals surface area contributed by atoms with Crippen LogP contribution in [0.3, 0.4) is 0 Å². The van der Waals surface area contributed by atoms with E-state index in [1.807, 2.05) is 0 Å². The van der Waals surface area contributed by atoms with Crippen molar-refractivity contribution < 1.29 is 22.8 Å². The fraction of sp³-hybridized carbons (Fsp3) is 0.300. The molecule has 2 aromatic rings. The molecule has 0 spiro atoms. The van der Waals surface area contributed by atoms with E-state index in [2.05, 4.69) is 9.94 Å². The smallest absolute Gasteiger partial charge is 0.271 e. The number of nitrogens with one attached hydrogen (secondary N) is 1. The molecule has 1 amide bonds. The maximum absolute atomic E-state index is 11.8. The number of nitrogens with zero attached hydrogens (tertiary/aromatic N) is 3. The van der Waals surface area contributed by atoms with E-state index in [0.717, 1.165) is 4.68 Å². The molecule has 7 nitrogen and oxygen atoms in total. The predicted molar refractivity (Wildman–Crippen MR) is 59.6 cm³/mol. The van der Waals surface area contributed by atoms with Crippen LogP contribution < -0.4 is 11.2 Å². The highest BCUT2D eigenvalue weighted by atomic mass is 19.4. The lowest BCUT2D eigenvalue weighted by atomic mass is 10.5. The zero-order valence-electron chi connectivity index (χ0n) is 9.92. The molecule has 0 atom stereocenters. The van der Waals surface area contributed by atoms with Crippen molar-refractivity contribution in [3.63, 3.8) is 0 Å². The Balaban J connectivity index is 2.00. The molecule has 10 heteroatoms. The van der Waals surface area contributed by atoms with Gasteiger partial charge >= 0.3 is 11.9 Å². The molecule has 0 bridgehead atoms. The van der Waals surface area contributed by atoms with Crippen molar-refractivity contribution in [3.05, 3.63) is 34.9 Å². The van der Waals surface area contributed by atoms with Crippen molar-refractivity contribution in [3.8, 4) is 0 Å². The molecule has 0 aromatic carbocycles. The fourth-order valence-electron chi connectivity index (χ4n) is 1.44. The first-order valence-electron chi connectivity index (χ1n) is 5.38. The van der Waals surface area contributed by atoms with Gasteiger partial charge in [-0.05, 0) is 12.1 Å². The third-order valence-corrected chi connectivity index (χ3v) is 2.20. The lowest BCUT2D eigenvalue weighted by Gasteiger charge is -2.07. The van der Waals surface area contributed by atoms with Gasteiger partial charge in [-0.25, -0.2) is 15.0 Å². The molecule has 0 aliphatic carbocycles. The Morgan fingerprint density at radius 3 is 2.80 bits per heavy atom. The summed E-state index contributed by atoms with van der Waals surface area (Å²) in [5, 5.41) is 3.84. The molecule has 2 rings (SSSR count). The number of hydroxylamine groups is 1. The SMILES string of the molecule is O=C(Cn1nc2ccccn2c1=O)NOCC(F)(F)F. The van der Waals surface area contributed by atoms with E-state index in [1.165, 1.54) is 10.6 Å². The molecule has 0 saturated carbocycles. The summed E-state index contributed by atoms with van der Waals surface area (Å²) in [6, 6.07) is 4.81. The molecule has 0 fully saturated rings. The molecule has 0 unspecified atom stereocenters. The summed E-state index contributed by atoms with van der Waals surface area (Å²) in [5.41, 5.74) is 1.33. The van der Waals surface area contributed by atoms with Gasteiger partial charge in [-0.3, -0.25) is 14.0 Å². The van der Waals surface area contributed by atoms with Crippen molar-refractivity contribution in [2.45, 2.75) is 12.7 Å². The first kappa shape index (κ1) is 14.1. The minimum absolute atomic E-state index is 0.321. The molecule has 2 heterocycles. The zero-order chi connectivity index (χ0) is 14.8. The first-order chi connectivity index (χ1) is 9.37. The van der Waals surface area contributed by atoms with Crippen molar-refractivity contribution in [2.75, 3.05) is 6.61 Å². The largest absolute Gasteiger partial charge is 0.414 e. The molecule has 108 valence electrons. The number of amides is 1. The van der Waals surface area contributed by atoms with E-state index in [9.17, 15) is 22.8 Å². The number of carbonyl (C=O) groups is 1. The Morgan fingerprint density at radius 2 is 2.15 bits per heavy atom. The second-order valence-corrected chi connectivity index (χ2v) is 3.80. The molecule has 20 heavy (non-hydrogen) atoms. The fourth-order valence-corrected chi connectivity index (χ4v) is 1.44. The summed E-state index contributed by atoms with van der Waals surface area (Å²) in [7, 11) is 0. The minimum atomic E-state index is -4.55. The van der Waals surface area contributed by atoms with Gasteiger partial charge < -0.3 is 0 Å². The van der Waals surface area contributed by atoms with Gasteiger partial charge in [0, 0.05) is 6.20 Å². The van der Waals surface area contributed by atoms with E-state index in [1.54, 1.807) is 23.7 Å². The van der Waals surface area contributed by atoms with Gasteiger partial charge in [0.2, 0.25) is 0 Å². The van der Waals surface area contributed by atoms with Gasteiger partial charge in [0.15, 0.2) is 12.3 Å². The van der Waals surface area contributed by atoms with Gasteiger partial charge in [-0.2, -0.15) is 13.2 Å². The van der Waals surface area contributed by atoms with Crippen LogP contribution in [0.25, 0.3) is 5.65 Å². The molecule has 0 aliphatic rings. The van der Waals surface area contributed by atoms with Gasteiger partial charge in [0.05, 0.1) is 0 Å². The second-order valence-electron chi connectivity index (χ2n) is 3.80. The van der Waals surface area contributed by atoms with Crippen LogP contribution in [0.15, 0.2) is 29.2 Å². The highest BCUT2D eigenvalue weighted by Gasteiger charge is 2.28. The molecule has 2 aromatic heterocycles. The van der Waals surface area contributed by atoms with Crippen LogP contribution in [0.1, 0.15) is 0 Å². The number of hydrogen-bond acceptors (Lipinski definition) is 4. The van der Waals surface area contributed by atoms with E-state index in [4.69, 9.17) is 0 Å². The Labute approximate surface area is 109 Å². The Hall–Kier alpha value is -2.36. The van der Waals surface area contributed by atoms with Gasteiger partial charge in [0.25, 0.3) is 5.91 Å². The molecule has 0 radical (unpaired) electrons. The molecular weight excluding hydrogens is 281 g/mol. The van der Waals surface area contributed by atoms with E-state index >= 15 is 0 Å². The number of alkyl halides is 3. The Bertz CT molecular complexity index is 676. The topological polar surface area (TPSA) is 77.6 Å². The van der Waals surface area contributed by atoms with Crippen LogP contribution in [0, 0.1) is 0 Å². The number of rotatable bonds is 4. The second kappa shape index (κ2) is 5.33. The monoisotopic (exact) mass is 290 g/mol. The number of fused-ring (bicyclic) bond motifs is 1. The van der Waals surface area contributed by atoms with Gasteiger partial charge in [-0.15, -0.1) is 5.10 Å². The maximum atomic E-state index is 11.8. The lowest BCUT2D eigenvalue weighted by molar-refractivity contribution is -0.191. The highest BCUT2D eigenvalue weighted by molar-refractivity contribution is 5.74. The summed E-state index contributed by atoms with van der Waals surface area (Å²) in [4.78, 5) is 27.0. The van der Waals surface area contributed by atoms with Crippen molar-refractivity contribution in [1.29, 1.82) is 0 Å². The average Bonchev–Trinajstić information content (AvgIpc) is 2.65. The molecule has 0 aliphatic heterocycles. The van der Waals surface area contributed by atoms with Crippen LogP contribution >= 0.6 is 0 Å². The number of aromatic nitrogens is 3. The van der Waals surface area contributed by atoms with Crippen LogP contribution in [0.4, 0.5) is 13.2 Å². The van der Waals surface area contributed by atoms with Crippen LogP contribution in [0.5, 0.6) is 0 Å². The summed E-state index contributed by atoms with van der Waals surface area (Å²) >= 11 is 0. The van der Waals surface area contributed by atoms with Crippen LogP contribution in [-0.2, 0) is 16.2 Å². The molecule has 0 saturated heterocycles. The standard InChI is InChI=1S/C10H9F3N4O3/c11-10(12,13)6-20-15-8(18)5-17-9(19)16-4-2-1-3-7(16)14-17/h1-4H,5-6H2,(H,15,18). The van der Waals surface area contributed by atoms with Crippen molar-refractivity contribution in [1.82, 2.24) is 19.7 Å². The highest BCUT2D eigenvalue weighted by Crippen LogP contribution is 2.13. The van der Waals surface area contributed by atoms with Crippen molar-refractivity contribution >= 4 is 11.6 Å². The third kappa shape index (κ3) is 3.35. The predicted octanol–water partition coefficient (Wildman–Crippen LogP) is 0.106. The maximum Gasteiger partial charge on any atom is 0.414 e. The molecular formula is C10H9F3N4O3. The Kier molecular flexibility index (Phi) is 3.74. The van der Waals surface area contributed by atoms with E-state index in [-0.39, 0.29) is 0 Å².